The van der Waals surface area contributed by atoms with Crippen LogP contribution >= 0.6 is 11.3 Å². The third-order valence-corrected chi connectivity index (χ3v) is 10.7. The quantitative estimate of drug-likeness (QED) is 0.170. The lowest BCUT2D eigenvalue weighted by atomic mass is 9.92. The standard InChI is InChI=1S/C48H32S/c1-3-11-33(12-4-1)35-21-25-37(26-22-35)39-15-9-17-41(29-39)43-31-45(48-46(32-43)44-19-7-8-20-47(44)49-48)42-18-10-16-40(30-42)38-27-23-36(24-28-38)34-13-5-2-6-14-34/h1-32H. The fourth-order valence-electron chi connectivity index (χ4n) is 6.92. The Balaban J connectivity index is 1.13. The molecule has 1 heterocycles. The van der Waals surface area contributed by atoms with Crippen LogP contribution in [0.15, 0.2) is 194 Å². The van der Waals surface area contributed by atoms with Gasteiger partial charge in [0.2, 0.25) is 0 Å². The zero-order valence-electron chi connectivity index (χ0n) is 26.9. The lowest BCUT2D eigenvalue weighted by Crippen LogP contribution is -1.86. The van der Waals surface area contributed by atoms with Crippen molar-refractivity contribution in [2.24, 2.45) is 0 Å². The minimum atomic E-state index is 1.22. The average molecular weight is 641 g/mol. The van der Waals surface area contributed by atoms with E-state index in [4.69, 9.17) is 0 Å². The van der Waals surface area contributed by atoms with Crippen LogP contribution < -0.4 is 0 Å². The third-order valence-electron chi connectivity index (χ3n) is 9.50. The summed E-state index contributed by atoms with van der Waals surface area (Å²) in [5, 5.41) is 2.62. The Bertz CT molecular complexity index is 2560. The Hall–Kier alpha value is -6.02. The van der Waals surface area contributed by atoms with Gasteiger partial charge in [0.1, 0.15) is 0 Å². The highest BCUT2D eigenvalue weighted by Gasteiger charge is 2.15. The van der Waals surface area contributed by atoms with E-state index in [-0.39, 0.29) is 0 Å². The molecular weight excluding hydrogens is 609 g/mol. The minimum Gasteiger partial charge on any atom is -0.135 e. The van der Waals surface area contributed by atoms with E-state index in [0.717, 1.165) is 0 Å². The maximum atomic E-state index is 2.40. The Morgan fingerprint density at radius 3 is 1.22 bits per heavy atom. The largest absolute Gasteiger partial charge is 0.135 e. The van der Waals surface area contributed by atoms with Gasteiger partial charge in [-0.15, -0.1) is 11.3 Å². The molecular formula is C48H32S. The Morgan fingerprint density at radius 1 is 0.245 bits per heavy atom. The fraction of sp³-hybridized carbons (Fsp3) is 0. The molecule has 0 unspecified atom stereocenters. The van der Waals surface area contributed by atoms with Crippen molar-refractivity contribution in [2.45, 2.75) is 0 Å². The summed E-state index contributed by atoms with van der Waals surface area (Å²) in [6, 6.07) is 70.6. The van der Waals surface area contributed by atoms with Crippen LogP contribution in [0.4, 0.5) is 0 Å². The molecule has 49 heavy (non-hydrogen) atoms. The second-order valence-corrected chi connectivity index (χ2v) is 13.6. The van der Waals surface area contributed by atoms with Crippen LogP contribution in [-0.4, -0.2) is 0 Å². The van der Waals surface area contributed by atoms with Crippen LogP contribution in [0, 0.1) is 0 Å². The molecule has 230 valence electrons. The van der Waals surface area contributed by atoms with E-state index in [0.29, 0.717) is 0 Å². The Kier molecular flexibility index (Phi) is 7.46. The van der Waals surface area contributed by atoms with E-state index >= 15 is 0 Å². The SMILES string of the molecule is c1ccc(-c2ccc(-c3cccc(-c4cc(-c5cccc(-c6ccc(-c7ccccc7)cc6)c5)c5sc6ccccc6c5c4)c3)cc2)cc1. The van der Waals surface area contributed by atoms with E-state index in [1.165, 1.54) is 86.9 Å². The van der Waals surface area contributed by atoms with Crippen LogP contribution in [0.5, 0.6) is 0 Å². The van der Waals surface area contributed by atoms with Crippen molar-refractivity contribution < 1.29 is 0 Å². The molecule has 0 atom stereocenters. The summed E-state index contributed by atoms with van der Waals surface area (Å²) in [6.07, 6.45) is 0. The van der Waals surface area contributed by atoms with Crippen molar-refractivity contribution in [3.63, 3.8) is 0 Å². The highest BCUT2D eigenvalue weighted by molar-refractivity contribution is 7.26. The fourth-order valence-corrected chi connectivity index (χ4v) is 8.14. The van der Waals surface area contributed by atoms with Gasteiger partial charge in [0, 0.05) is 25.7 Å². The molecule has 0 radical (unpaired) electrons. The van der Waals surface area contributed by atoms with Crippen molar-refractivity contribution in [3.05, 3.63) is 194 Å². The molecule has 0 saturated heterocycles. The molecule has 9 rings (SSSR count). The molecule has 8 aromatic carbocycles. The number of fused-ring (bicyclic) bond motifs is 3. The monoisotopic (exact) mass is 640 g/mol. The summed E-state index contributed by atoms with van der Waals surface area (Å²) in [7, 11) is 0. The third kappa shape index (κ3) is 5.65. The average Bonchev–Trinajstić information content (AvgIpc) is 3.57. The molecule has 0 aliphatic rings. The Labute approximate surface area is 291 Å². The second-order valence-electron chi connectivity index (χ2n) is 12.5. The molecule has 0 aliphatic heterocycles. The first kappa shape index (κ1) is 29.1. The summed E-state index contributed by atoms with van der Waals surface area (Å²) in [6.45, 7) is 0. The van der Waals surface area contributed by atoms with Crippen LogP contribution in [-0.2, 0) is 0 Å². The minimum absolute atomic E-state index is 1.22. The summed E-state index contributed by atoms with van der Waals surface area (Å²) >= 11 is 1.89. The lowest BCUT2D eigenvalue weighted by molar-refractivity contribution is 1.57. The molecule has 0 N–H and O–H groups in total. The number of rotatable bonds is 6. The van der Waals surface area contributed by atoms with Crippen molar-refractivity contribution in [1.29, 1.82) is 0 Å². The van der Waals surface area contributed by atoms with E-state index < -0.39 is 0 Å². The van der Waals surface area contributed by atoms with Gasteiger partial charge in [-0.1, -0.05) is 164 Å². The van der Waals surface area contributed by atoms with E-state index in [1.807, 2.05) is 11.3 Å². The van der Waals surface area contributed by atoms with Gasteiger partial charge >= 0.3 is 0 Å². The zero-order valence-corrected chi connectivity index (χ0v) is 27.7. The number of hydrogen-bond donors (Lipinski definition) is 0. The number of thiophene rings is 1. The van der Waals surface area contributed by atoms with E-state index in [9.17, 15) is 0 Å². The van der Waals surface area contributed by atoms with Gasteiger partial charge in [-0.2, -0.15) is 0 Å². The smallest absolute Gasteiger partial charge is 0.0434 e. The van der Waals surface area contributed by atoms with Crippen LogP contribution in [0.3, 0.4) is 0 Å². The predicted molar refractivity (Wildman–Crippen MR) is 212 cm³/mol. The summed E-state index contributed by atoms with van der Waals surface area (Å²) in [5.74, 6) is 0. The topological polar surface area (TPSA) is 0 Å². The van der Waals surface area contributed by atoms with Crippen molar-refractivity contribution in [2.75, 3.05) is 0 Å². The zero-order chi connectivity index (χ0) is 32.6. The molecule has 0 bridgehead atoms. The van der Waals surface area contributed by atoms with Gasteiger partial charge in [-0.25, -0.2) is 0 Å². The van der Waals surface area contributed by atoms with Crippen molar-refractivity contribution in [1.82, 2.24) is 0 Å². The van der Waals surface area contributed by atoms with Gasteiger partial charge in [0.25, 0.3) is 0 Å². The molecule has 1 heteroatoms. The molecule has 1 aromatic heterocycles. The van der Waals surface area contributed by atoms with Gasteiger partial charge in [0.15, 0.2) is 0 Å². The predicted octanol–water partition coefficient (Wildman–Crippen LogP) is 14.1. The molecule has 0 fully saturated rings. The van der Waals surface area contributed by atoms with Crippen molar-refractivity contribution in [3.8, 4) is 66.8 Å². The first-order chi connectivity index (χ1) is 24.3. The van der Waals surface area contributed by atoms with Gasteiger partial charge < -0.3 is 0 Å². The highest BCUT2D eigenvalue weighted by Crippen LogP contribution is 2.44. The first-order valence-corrected chi connectivity index (χ1v) is 17.6. The van der Waals surface area contributed by atoms with Crippen LogP contribution in [0.2, 0.25) is 0 Å². The van der Waals surface area contributed by atoms with Crippen LogP contribution in [0.1, 0.15) is 0 Å². The second kappa shape index (κ2) is 12.5. The maximum absolute atomic E-state index is 2.40. The molecule has 0 nitrogen and oxygen atoms in total. The highest BCUT2D eigenvalue weighted by atomic mass is 32.1. The summed E-state index contributed by atoms with van der Waals surface area (Å²) in [4.78, 5) is 0. The van der Waals surface area contributed by atoms with Gasteiger partial charge in [-0.05, 0) is 91.5 Å². The molecule has 9 aromatic rings. The molecule has 0 saturated carbocycles. The number of hydrogen-bond acceptors (Lipinski definition) is 1. The van der Waals surface area contributed by atoms with E-state index in [2.05, 4.69) is 194 Å². The van der Waals surface area contributed by atoms with E-state index in [1.54, 1.807) is 0 Å². The number of benzene rings is 8. The molecule has 0 aliphatic carbocycles. The first-order valence-electron chi connectivity index (χ1n) is 16.7. The Morgan fingerprint density at radius 2 is 0.653 bits per heavy atom. The van der Waals surface area contributed by atoms with Gasteiger partial charge in [-0.3, -0.25) is 0 Å². The lowest BCUT2D eigenvalue weighted by Gasteiger charge is -2.12. The van der Waals surface area contributed by atoms with Crippen LogP contribution in [0.25, 0.3) is 86.9 Å². The maximum Gasteiger partial charge on any atom is 0.0434 e. The van der Waals surface area contributed by atoms with Crippen molar-refractivity contribution >= 4 is 31.5 Å². The molecule has 0 amide bonds. The summed E-state index contributed by atoms with van der Waals surface area (Å²) < 4.78 is 2.64. The molecule has 0 spiro atoms. The van der Waals surface area contributed by atoms with Gasteiger partial charge in [0.05, 0.1) is 0 Å². The normalized spacial score (nSPS) is 11.3. The summed E-state index contributed by atoms with van der Waals surface area (Å²) in [5.41, 5.74) is 14.8.